The second-order valence-electron chi connectivity index (χ2n) is 7.39. The number of benzene rings is 2. The number of rotatable bonds is 5. The number of likely N-dealkylation sites (tertiary alicyclic amines) is 1. The van der Waals surface area contributed by atoms with Crippen molar-refractivity contribution in [3.8, 4) is 0 Å². The quantitative estimate of drug-likeness (QED) is 0.862. The van der Waals surface area contributed by atoms with Crippen molar-refractivity contribution in [2.45, 2.75) is 19.3 Å². The van der Waals surface area contributed by atoms with Crippen molar-refractivity contribution >= 4 is 23.2 Å². The van der Waals surface area contributed by atoms with Gasteiger partial charge in [-0.25, -0.2) is 4.39 Å². The first-order valence-corrected chi connectivity index (χ1v) is 9.53. The lowest BCUT2D eigenvalue weighted by Gasteiger charge is -2.31. The van der Waals surface area contributed by atoms with Gasteiger partial charge in [0.1, 0.15) is 5.82 Å². The molecular weight excluding hydrogens is 357 g/mol. The molecule has 3 rings (SSSR count). The monoisotopic (exact) mass is 383 g/mol. The highest BCUT2D eigenvalue weighted by molar-refractivity contribution is 5.93. The van der Waals surface area contributed by atoms with Gasteiger partial charge in [0.2, 0.25) is 11.8 Å². The summed E-state index contributed by atoms with van der Waals surface area (Å²) in [5.74, 6) is -0.468. The van der Waals surface area contributed by atoms with E-state index in [4.69, 9.17) is 0 Å². The largest absolute Gasteiger partial charge is 0.378 e. The van der Waals surface area contributed by atoms with E-state index in [1.54, 1.807) is 17.0 Å². The molecule has 0 radical (unpaired) electrons. The van der Waals surface area contributed by atoms with Crippen LogP contribution in [0, 0.1) is 11.7 Å². The predicted molar refractivity (Wildman–Crippen MR) is 109 cm³/mol. The predicted octanol–water partition coefficient (Wildman–Crippen LogP) is 3.31. The van der Waals surface area contributed by atoms with Crippen LogP contribution in [0.2, 0.25) is 0 Å². The average Bonchev–Trinajstić information content (AvgIpc) is 2.68. The maximum atomic E-state index is 13.3. The zero-order chi connectivity index (χ0) is 20.1. The number of nitrogens with zero attached hydrogens (tertiary/aromatic N) is 2. The van der Waals surface area contributed by atoms with E-state index >= 15 is 0 Å². The summed E-state index contributed by atoms with van der Waals surface area (Å²) in [5, 5.41) is 2.97. The number of carbonyl (C=O) groups excluding carboxylic acids is 2. The second kappa shape index (κ2) is 8.87. The highest BCUT2D eigenvalue weighted by Crippen LogP contribution is 2.21. The van der Waals surface area contributed by atoms with Crippen LogP contribution in [0.1, 0.15) is 18.4 Å². The summed E-state index contributed by atoms with van der Waals surface area (Å²) in [7, 11) is 3.94. The SMILES string of the molecule is CN(C)c1ccc(NC(=O)C2CCN(C(=O)Cc3cccc(F)c3)CC2)cc1. The molecule has 0 saturated carbocycles. The van der Waals surface area contributed by atoms with Gasteiger partial charge in [-0.1, -0.05) is 12.1 Å². The van der Waals surface area contributed by atoms with Gasteiger partial charge in [0, 0.05) is 44.5 Å². The van der Waals surface area contributed by atoms with E-state index in [0.29, 0.717) is 31.5 Å². The van der Waals surface area contributed by atoms with Crippen LogP contribution in [-0.4, -0.2) is 43.9 Å². The smallest absolute Gasteiger partial charge is 0.227 e. The molecule has 1 aliphatic rings. The summed E-state index contributed by atoms with van der Waals surface area (Å²) in [5.41, 5.74) is 2.52. The van der Waals surface area contributed by atoms with Gasteiger partial charge in [-0.3, -0.25) is 9.59 Å². The molecule has 28 heavy (non-hydrogen) atoms. The van der Waals surface area contributed by atoms with E-state index in [0.717, 1.165) is 11.4 Å². The number of anilines is 2. The third-order valence-corrected chi connectivity index (χ3v) is 5.11. The topological polar surface area (TPSA) is 52.7 Å². The summed E-state index contributed by atoms with van der Waals surface area (Å²) in [6, 6.07) is 13.8. The molecule has 0 atom stereocenters. The van der Waals surface area contributed by atoms with E-state index < -0.39 is 0 Å². The molecular formula is C22H26FN3O2. The van der Waals surface area contributed by atoms with Crippen molar-refractivity contribution in [2.24, 2.45) is 5.92 Å². The Morgan fingerprint density at radius 3 is 2.39 bits per heavy atom. The van der Waals surface area contributed by atoms with E-state index in [1.807, 2.05) is 43.3 Å². The lowest BCUT2D eigenvalue weighted by molar-refractivity contribution is -0.133. The Balaban J connectivity index is 1.48. The minimum absolute atomic E-state index is 0.00478. The summed E-state index contributed by atoms with van der Waals surface area (Å²) in [4.78, 5) is 28.7. The summed E-state index contributed by atoms with van der Waals surface area (Å²) >= 11 is 0. The van der Waals surface area contributed by atoms with Gasteiger partial charge in [-0.15, -0.1) is 0 Å². The van der Waals surface area contributed by atoms with Gasteiger partial charge in [-0.2, -0.15) is 0 Å². The van der Waals surface area contributed by atoms with Crippen LogP contribution < -0.4 is 10.2 Å². The van der Waals surface area contributed by atoms with Gasteiger partial charge < -0.3 is 15.1 Å². The molecule has 0 spiro atoms. The van der Waals surface area contributed by atoms with Crippen LogP contribution >= 0.6 is 0 Å². The summed E-state index contributed by atoms with van der Waals surface area (Å²) < 4.78 is 13.3. The van der Waals surface area contributed by atoms with Crippen molar-refractivity contribution < 1.29 is 14.0 Å². The van der Waals surface area contributed by atoms with Crippen LogP contribution in [0.5, 0.6) is 0 Å². The maximum Gasteiger partial charge on any atom is 0.227 e. The molecule has 0 aliphatic carbocycles. The normalized spacial score (nSPS) is 14.6. The first-order chi connectivity index (χ1) is 13.4. The number of halogens is 1. The van der Waals surface area contributed by atoms with Gasteiger partial charge >= 0.3 is 0 Å². The average molecular weight is 383 g/mol. The molecule has 6 heteroatoms. The van der Waals surface area contributed by atoms with Crippen LogP contribution in [0.25, 0.3) is 0 Å². The highest BCUT2D eigenvalue weighted by Gasteiger charge is 2.27. The van der Waals surface area contributed by atoms with E-state index in [2.05, 4.69) is 5.32 Å². The molecule has 0 aromatic heterocycles. The fraction of sp³-hybridized carbons (Fsp3) is 0.364. The molecule has 1 fully saturated rings. The third kappa shape index (κ3) is 5.09. The highest BCUT2D eigenvalue weighted by atomic mass is 19.1. The summed E-state index contributed by atoms with van der Waals surface area (Å²) in [6.07, 6.45) is 1.46. The first kappa shape index (κ1) is 19.9. The Bertz CT molecular complexity index is 828. The Labute approximate surface area is 165 Å². The van der Waals surface area contributed by atoms with E-state index in [1.165, 1.54) is 12.1 Å². The Hall–Kier alpha value is -2.89. The van der Waals surface area contributed by atoms with Crippen LogP contribution in [-0.2, 0) is 16.0 Å². The van der Waals surface area contributed by atoms with Crippen LogP contribution in [0.3, 0.4) is 0 Å². The van der Waals surface area contributed by atoms with Crippen molar-refractivity contribution in [2.75, 3.05) is 37.4 Å². The number of piperidine rings is 1. The van der Waals surface area contributed by atoms with Crippen LogP contribution in [0.4, 0.5) is 15.8 Å². The molecule has 2 aromatic rings. The Morgan fingerprint density at radius 1 is 1.11 bits per heavy atom. The lowest BCUT2D eigenvalue weighted by Crippen LogP contribution is -2.42. The van der Waals surface area contributed by atoms with Crippen molar-refractivity contribution in [1.82, 2.24) is 4.90 Å². The number of amides is 2. The molecule has 1 heterocycles. The minimum atomic E-state index is -0.334. The first-order valence-electron chi connectivity index (χ1n) is 9.53. The molecule has 0 unspecified atom stereocenters. The fourth-order valence-corrected chi connectivity index (χ4v) is 3.41. The number of hydrogen-bond acceptors (Lipinski definition) is 3. The zero-order valence-electron chi connectivity index (χ0n) is 16.3. The summed E-state index contributed by atoms with van der Waals surface area (Å²) in [6.45, 7) is 1.09. The van der Waals surface area contributed by atoms with Gasteiger partial charge in [0.15, 0.2) is 0 Å². The molecule has 2 amide bonds. The lowest BCUT2D eigenvalue weighted by atomic mass is 9.95. The molecule has 1 N–H and O–H groups in total. The number of carbonyl (C=O) groups is 2. The van der Waals surface area contributed by atoms with Gasteiger partial charge in [-0.05, 0) is 54.8 Å². The van der Waals surface area contributed by atoms with E-state index in [9.17, 15) is 14.0 Å². The maximum absolute atomic E-state index is 13.3. The molecule has 5 nitrogen and oxygen atoms in total. The second-order valence-corrected chi connectivity index (χ2v) is 7.39. The van der Waals surface area contributed by atoms with Crippen molar-refractivity contribution in [3.05, 3.63) is 59.9 Å². The number of nitrogens with one attached hydrogen (secondary N) is 1. The van der Waals surface area contributed by atoms with Crippen LogP contribution in [0.15, 0.2) is 48.5 Å². The Kier molecular flexibility index (Phi) is 6.29. The van der Waals surface area contributed by atoms with E-state index in [-0.39, 0.29) is 30.0 Å². The molecule has 1 aliphatic heterocycles. The zero-order valence-corrected chi connectivity index (χ0v) is 16.3. The fourth-order valence-electron chi connectivity index (χ4n) is 3.41. The van der Waals surface area contributed by atoms with Crippen molar-refractivity contribution in [3.63, 3.8) is 0 Å². The standard InChI is InChI=1S/C22H26FN3O2/c1-25(2)20-8-6-19(7-9-20)24-22(28)17-10-12-26(13-11-17)21(27)15-16-4-3-5-18(23)14-16/h3-9,14,17H,10-13,15H2,1-2H3,(H,24,28). The third-order valence-electron chi connectivity index (χ3n) is 5.11. The molecule has 2 aromatic carbocycles. The number of hydrogen-bond donors (Lipinski definition) is 1. The molecule has 0 bridgehead atoms. The molecule has 1 saturated heterocycles. The van der Waals surface area contributed by atoms with Crippen molar-refractivity contribution in [1.29, 1.82) is 0 Å². The molecule has 148 valence electrons. The minimum Gasteiger partial charge on any atom is -0.378 e. The Morgan fingerprint density at radius 2 is 1.79 bits per heavy atom. The van der Waals surface area contributed by atoms with Gasteiger partial charge in [0.05, 0.1) is 6.42 Å². The van der Waals surface area contributed by atoms with Gasteiger partial charge in [0.25, 0.3) is 0 Å².